The van der Waals surface area contributed by atoms with Crippen molar-refractivity contribution in [1.82, 2.24) is 15.5 Å². The van der Waals surface area contributed by atoms with Gasteiger partial charge in [-0.3, -0.25) is 19.7 Å². The summed E-state index contributed by atoms with van der Waals surface area (Å²) in [6.07, 6.45) is -0.0882. The molecule has 25 heavy (non-hydrogen) atoms. The number of anilines is 1. The average Bonchev–Trinajstić information content (AvgIpc) is 3.13. The second-order valence-corrected chi connectivity index (χ2v) is 8.74. The van der Waals surface area contributed by atoms with Crippen LogP contribution in [0.4, 0.5) is 9.93 Å². The summed E-state index contributed by atoms with van der Waals surface area (Å²) in [6.45, 7) is 0. The lowest BCUT2D eigenvalue weighted by Crippen LogP contribution is -2.27. The predicted molar refractivity (Wildman–Crippen MR) is 99.1 cm³/mol. The fourth-order valence-electron chi connectivity index (χ4n) is 1.91. The molecule has 1 fully saturated rings. The van der Waals surface area contributed by atoms with Gasteiger partial charge in [0.1, 0.15) is 5.25 Å². The van der Waals surface area contributed by atoms with E-state index in [0.29, 0.717) is 20.2 Å². The van der Waals surface area contributed by atoms with Crippen molar-refractivity contribution in [2.24, 2.45) is 0 Å². The first-order chi connectivity index (χ1) is 12.0. The molecule has 1 aromatic carbocycles. The lowest BCUT2D eigenvalue weighted by atomic mass is 10.2. The Balaban J connectivity index is 1.49. The van der Waals surface area contributed by atoms with Crippen molar-refractivity contribution >= 4 is 68.6 Å². The SMILES string of the molecule is O=C(CC1SC(=O)NC1=O)Nc1nnc(SCc2ccc(Cl)cc2)s1. The van der Waals surface area contributed by atoms with Gasteiger partial charge in [-0.05, 0) is 17.7 Å². The topological polar surface area (TPSA) is 101 Å². The highest BCUT2D eigenvalue weighted by Crippen LogP contribution is 2.29. The van der Waals surface area contributed by atoms with Gasteiger partial charge >= 0.3 is 0 Å². The van der Waals surface area contributed by atoms with Crippen LogP contribution in [0.1, 0.15) is 12.0 Å². The van der Waals surface area contributed by atoms with Crippen LogP contribution in [-0.2, 0) is 15.3 Å². The minimum absolute atomic E-state index is 0.0882. The van der Waals surface area contributed by atoms with Crippen molar-refractivity contribution in [3.05, 3.63) is 34.9 Å². The van der Waals surface area contributed by atoms with Crippen LogP contribution in [0.2, 0.25) is 5.02 Å². The summed E-state index contributed by atoms with van der Waals surface area (Å²) in [5, 5.41) is 12.6. The minimum atomic E-state index is -0.695. The smallest absolute Gasteiger partial charge is 0.286 e. The van der Waals surface area contributed by atoms with Crippen LogP contribution in [-0.4, -0.2) is 32.5 Å². The number of carbonyl (C=O) groups is 3. The molecule has 1 saturated heterocycles. The van der Waals surface area contributed by atoms with Crippen LogP contribution >= 0.6 is 46.5 Å². The highest BCUT2D eigenvalue weighted by molar-refractivity contribution is 8.15. The van der Waals surface area contributed by atoms with Crippen molar-refractivity contribution in [1.29, 1.82) is 0 Å². The molecule has 3 amide bonds. The fourth-order valence-corrected chi connectivity index (χ4v) is 4.58. The first-order valence-electron chi connectivity index (χ1n) is 7.01. The van der Waals surface area contributed by atoms with Crippen molar-refractivity contribution in [2.45, 2.75) is 21.8 Å². The third-order valence-electron chi connectivity index (χ3n) is 3.07. The van der Waals surface area contributed by atoms with E-state index in [0.717, 1.165) is 17.3 Å². The molecule has 1 aliphatic rings. The number of hydrogen-bond donors (Lipinski definition) is 2. The molecule has 7 nitrogen and oxygen atoms in total. The van der Waals surface area contributed by atoms with Gasteiger partial charge < -0.3 is 5.32 Å². The van der Waals surface area contributed by atoms with Crippen LogP contribution in [0.3, 0.4) is 0 Å². The van der Waals surface area contributed by atoms with E-state index in [1.165, 1.54) is 23.1 Å². The molecule has 11 heteroatoms. The van der Waals surface area contributed by atoms with Gasteiger partial charge in [-0.1, -0.05) is 58.6 Å². The molecule has 1 aliphatic heterocycles. The third kappa shape index (κ3) is 5.18. The van der Waals surface area contributed by atoms with E-state index < -0.39 is 16.4 Å². The Labute approximate surface area is 160 Å². The number of aromatic nitrogens is 2. The standard InChI is InChI=1S/C14H11ClN4O3S3/c15-8-3-1-7(2-4-8)6-23-14-19-18-12(25-14)16-10(20)5-9-11(21)17-13(22)24-9/h1-4,9H,5-6H2,(H,16,18,20)(H,17,21,22). The highest BCUT2D eigenvalue weighted by Gasteiger charge is 2.33. The van der Waals surface area contributed by atoms with Crippen LogP contribution in [0.15, 0.2) is 28.6 Å². The summed E-state index contributed by atoms with van der Waals surface area (Å²) < 4.78 is 0.716. The van der Waals surface area contributed by atoms with E-state index >= 15 is 0 Å². The lowest BCUT2D eigenvalue weighted by molar-refractivity contribution is -0.122. The maximum Gasteiger partial charge on any atom is 0.286 e. The molecule has 2 heterocycles. The Morgan fingerprint density at radius 3 is 2.72 bits per heavy atom. The van der Waals surface area contributed by atoms with E-state index in [2.05, 4.69) is 20.8 Å². The summed E-state index contributed by atoms with van der Waals surface area (Å²) in [4.78, 5) is 34.5. The molecule has 1 atom stereocenters. The number of nitrogens with zero attached hydrogens (tertiary/aromatic N) is 2. The molecule has 130 valence electrons. The number of carbonyl (C=O) groups excluding carboxylic acids is 3. The monoisotopic (exact) mass is 414 g/mol. The molecule has 0 spiro atoms. The minimum Gasteiger partial charge on any atom is -0.300 e. The zero-order valence-corrected chi connectivity index (χ0v) is 15.7. The van der Waals surface area contributed by atoms with Crippen molar-refractivity contribution in [3.8, 4) is 0 Å². The van der Waals surface area contributed by atoms with Gasteiger partial charge in [-0.2, -0.15) is 0 Å². The quantitative estimate of drug-likeness (QED) is 0.553. The third-order valence-corrected chi connectivity index (χ3v) is 6.34. The molecule has 0 bridgehead atoms. The van der Waals surface area contributed by atoms with Crippen molar-refractivity contribution < 1.29 is 14.4 Å². The van der Waals surface area contributed by atoms with Crippen molar-refractivity contribution in [3.63, 3.8) is 0 Å². The molecular formula is C14H11ClN4O3S3. The number of imide groups is 1. The zero-order valence-electron chi connectivity index (χ0n) is 12.5. The van der Waals surface area contributed by atoms with Gasteiger partial charge in [0.15, 0.2) is 4.34 Å². The average molecular weight is 415 g/mol. The Bertz CT molecular complexity index is 812. The first kappa shape index (κ1) is 18.2. The first-order valence-corrected chi connectivity index (χ1v) is 10.1. The molecule has 2 N–H and O–H groups in total. The summed E-state index contributed by atoms with van der Waals surface area (Å²) in [6, 6.07) is 7.52. The number of thioether (sulfide) groups is 2. The van der Waals surface area contributed by atoms with Gasteiger partial charge in [-0.15, -0.1) is 10.2 Å². The van der Waals surface area contributed by atoms with Crippen molar-refractivity contribution in [2.75, 3.05) is 5.32 Å². The molecule has 0 radical (unpaired) electrons. The van der Waals surface area contributed by atoms with Gasteiger partial charge in [0.25, 0.3) is 5.24 Å². The number of amides is 3. The van der Waals surface area contributed by atoms with Gasteiger partial charge in [0.05, 0.1) is 0 Å². The number of rotatable bonds is 6. The summed E-state index contributed by atoms with van der Waals surface area (Å²) in [5.41, 5.74) is 1.10. The Morgan fingerprint density at radius 2 is 2.04 bits per heavy atom. The number of hydrogen-bond acceptors (Lipinski definition) is 8. The number of halogens is 1. The van der Waals surface area contributed by atoms with Crippen LogP contribution in [0.5, 0.6) is 0 Å². The summed E-state index contributed by atoms with van der Waals surface area (Å²) in [7, 11) is 0. The van der Waals surface area contributed by atoms with E-state index in [1.807, 2.05) is 24.3 Å². The number of benzene rings is 1. The maximum absolute atomic E-state index is 11.9. The molecule has 2 aromatic rings. The van der Waals surface area contributed by atoms with E-state index in [-0.39, 0.29) is 12.3 Å². The number of nitrogens with one attached hydrogen (secondary N) is 2. The molecule has 0 aliphatic carbocycles. The van der Waals surface area contributed by atoms with E-state index in [1.54, 1.807) is 0 Å². The maximum atomic E-state index is 11.9. The largest absolute Gasteiger partial charge is 0.300 e. The van der Waals surface area contributed by atoms with Crippen LogP contribution < -0.4 is 10.6 Å². The van der Waals surface area contributed by atoms with Gasteiger partial charge in [0, 0.05) is 17.2 Å². The van der Waals surface area contributed by atoms with Crippen LogP contribution in [0, 0.1) is 0 Å². The second-order valence-electron chi connectivity index (χ2n) is 4.92. The van der Waals surface area contributed by atoms with Crippen LogP contribution in [0.25, 0.3) is 0 Å². The highest BCUT2D eigenvalue weighted by atomic mass is 35.5. The lowest BCUT2D eigenvalue weighted by Gasteiger charge is -2.03. The Kier molecular flexibility index (Phi) is 5.94. The molecule has 0 saturated carbocycles. The second kappa shape index (κ2) is 8.17. The predicted octanol–water partition coefficient (Wildman–Crippen LogP) is 3.16. The molecule has 1 aromatic heterocycles. The fraction of sp³-hybridized carbons (Fsp3) is 0.214. The molecule has 3 rings (SSSR count). The Morgan fingerprint density at radius 1 is 1.28 bits per heavy atom. The molecular weight excluding hydrogens is 404 g/mol. The van der Waals surface area contributed by atoms with Gasteiger partial charge in [0.2, 0.25) is 16.9 Å². The van der Waals surface area contributed by atoms with Gasteiger partial charge in [-0.25, -0.2) is 0 Å². The summed E-state index contributed by atoms with van der Waals surface area (Å²) in [5.74, 6) is -0.116. The zero-order chi connectivity index (χ0) is 17.8. The molecule has 1 unspecified atom stereocenters. The van der Waals surface area contributed by atoms with E-state index in [9.17, 15) is 14.4 Å². The van der Waals surface area contributed by atoms with E-state index in [4.69, 9.17) is 11.6 Å². The summed E-state index contributed by atoms with van der Waals surface area (Å²) >= 11 is 9.41. The Hall–Kier alpha value is -1.62. The normalized spacial score (nSPS) is 16.8.